The summed E-state index contributed by atoms with van der Waals surface area (Å²) in [5.41, 5.74) is -0.693. The maximum atomic E-state index is 14.5. The first-order valence-corrected chi connectivity index (χ1v) is 21.8. The van der Waals surface area contributed by atoms with Crippen LogP contribution in [0.2, 0.25) is 0 Å². The number of ketones is 1. The minimum Gasteiger partial charge on any atom is -0.507 e. The summed E-state index contributed by atoms with van der Waals surface area (Å²) >= 11 is 0. The lowest BCUT2D eigenvalue weighted by Crippen LogP contribution is -2.47. The van der Waals surface area contributed by atoms with Crippen molar-refractivity contribution < 1.29 is 70.9 Å². The van der Waals surface area contributed by atoms with Crippen LogP contribution < -0.4 is 10.1 Å². The van der Waals surface area contributed by atoms with Crippen LogP contribution in [0.3, 0.4) is 0 Å². The van der Waals surface area contributed by atoms with E-state index in [9.17, 15) is 47.8 Å². The number of aliphatic hydroxyl groups excluding tert-OH is 1. The molecule has 20 heteroatoms. The lowest BCUT2D eigenvalue weighted by molar-refractivity contribution is -0.160. The van der Waals surface area contributed by atoms with Crippen LogP contribution in [0.1, 0.15) is 70.0 Å². The Balaban J connectivity index is 1.73. The monoisotopic (exact) mass is 902 g/mol. The molecule has 1 fully saturated rings. The number of allylic oxidation sites excluding steroid dienone is 2. The van der Waals surface area contributed by atoms with Gasteiger partial charge in [-0.2, -0.15) is 13.5 Å². The molecular formula is C43H58N4O15S. The maximum Gasteiger partial charge on any atom is 0.397 e. The number of piperazine rings is 1. The molecule has 0 aromatic heterocycles. The summed E-state index contributed by atoms with van der Waals surface area (Å²) < 4.78 is 62.6. The van der Waals surface area contributed by atoms with E-state index in [-0.39, 0.29) is 44.5 Å². The number of phenols is 3. The zero-order valence-corrected chi connectivity index (χ0v) is 37.8. The Hall–Kier alpha value is -5.25. The fourth-order valence-corrected chi connectivity index (χ4v) is 8.86. The molecule has 4 aliphatic heterocycles. The molecule has 9 atom stereocenters. The number of hydrazone groups is 1. The molecule has 1 saturated heterocycles. The Kier molecular flexibility index (Phi) is 14.9. The second-order valence-electron chi connectivity index (χ2n) is 16.6. The zero-order chi connectivity index (χ0) is 46.9. The average molecular weight is 903 g/mol. The molecule has 5 bridgehead atoms. The third-order valence-corrected chi connectivity index (χ3v) is 12.5. The Morgan fingerprint density at radius 2 is 1.60 bits per heavy atom. The number of nitrogens with zero attached hydrogens (tertiary/aromatic N) is 3. The number of methoxy groups -OCH3 is 1. The van der Waals surface area contributed by atoms with E-state index in [1.165, 1.54) is 72.2 Å². The van der Waals surface area contributed by atoms with E-state index >= 15 is 0 Å². The summed E-state index contributed by atoms with van der Waals surface area (Å²) in [7, 11) is -1.73. The summed E-state index contributed by atoms with van der Waals surface area (Å²) in [6.07, 6.45) is 3.32. The highest BCUT2D eigenvalue weighted by Crippen LogP contribution is 2.55. The van der Waals surface area contributed by atoms with Crippen molar-refractivity contribution in [2.24, 2.45) is 28.8 Å². The topological polar surface area (TPSA) is 264 Å². The minimum atomic E-state index is -5.07. The van der Waals surface area contributed by atoms with E-state index in [4.69, 9.17) is 23.1 Å². The standard InChI is InChI=1S/C43H58N4O15S/c1-21-12-11-13-22(2)42(54)45-33-28(20-44-47-17-15-46(9)16-18-47)36(51)30-31(37(33)52)35(50)26(6)40-32(30)41(53)43(8,61-40)59-19-14-29(58-10)23(3)39(60-27(7)48)25(5)34(49)24(4)38(21)62-63(55,56)57/h11-14,19-21,23-25,29,34,38-39,49-52H,15-18H2,1-10H3,(H,45,54)(H,55,56,57)/b12-11+,19-14+,22-13-,44-20+/t21-,23+,24-,25+,29-,34+,38-,39+,43-/m0/s1. The molecule has 1 amide bonds. The van der Waals surface area contributed by atoms with Crippen LogP contribution in [0.5, 0.6) is 23.0 Å². The average Bonchev–Trinajstić information content (AvgIpc) is 3.48. The normalized spacial score (nSPS) is 31.0. The van der Waals surface area contributed by atoms with Gasteiger partial charge in [0.25, 0.3) is 11.7 Å². The number of aliphatic hydroxyl groups is 1. The molecule has 0 unspecified atom stereocenters. The smallest absolute Gasteiger partial charge is 0.397 e. The van der Waals surface area contributed by atoms with E-state index in [1.807, 2.05) is 7.05 Å². The molecule has 0 spiro atoms. The van der Waals surface area contributed by atoms with E-state index in [1.54, 1.807) is 25.8 Å². The number of likely N-dealkylation sites (N-methyl/N-ethyl adjacent to an activating group) is 1. The first kappa shape index (κ1) is 48.8. The molecule has 6 rings (SSSR count). The Morgan fingerprint density at radius 3 is 2.21 bits per heavy atom. The van der Waals surface area contributed by atoms with Crippen molar-refractivity contribution in [3.05, 3.63) is 52.8 Å². The number of aromatic hydroxyl groups is 3. The molecule has 63 heavy (non-hydrogen) atoms. The summed E-state index contributed by atoms with van der Waals surface area (Å²) in [6.45, 7) is 14.1. The first-order valence-electron chi connectivity index (χ1n) is 20.4. The van der Waals surface area contributed by atoms with Crippen LogP contribution in [0.15, 0.2) is 41.2 Å². The second kappa shape index (κ2) is 19.2. The Morgan fingerprint density at radius 1 is 0.968 bits per heavy atom. The Bertz CT molecular complexity index is 2340. The van der Waals surface area contributed by atoms with Gasteiger partial charge in [0.2, 0.25) is 0 Å². The van der Waals surface area contributed by atoms with Gasteiger partial charge in [-0.15, -0.1) is 0 Å². The van der Waals surface area contributed by atoms with Crippen molar-refractivity contribution in [2.75, 3.05) is 45.7 Å². The van der Waals surface area contributed by atoms with Gasteiger partial charge in [0.15, 0.2) is 5.75 Å². The highest BCUT2D eigenvalue weighted by molar-refractivity contribution is 7.80. The Labute approximate surface area is 366 Å². The van der Waals surface area contributed by atoms with E-state index < -0.39 is 99.2 Å². The molecular weight excluding hydrogens is 845 g/mol. The largest absolute Gasteiger partial charge is 0.507 e. The van der Waals surface area contributed by atoms with Gasteiger partial charge < -0.3 is 49.6 Å². The van der Waals surface area contributed by atoms with Crippen molar-refractivity contribution in [2.45, 2.75) is 85.6 Å². The van der Waals surface area contributed by atoms with E-state index in [2.05, 4.69) is 15.3 Å². The van der Waals surface area contributed by atoms with Gasteiger partial charge in [-0.05, 0) is 27.0 Å². The van der Waals surface area contributed by atoms with E-state index in [0.29, 0.717) is 26.2 Å². The SMILES string of the molecule is CO[C@H]1/C=C/O[C@@]2(C)Oc3c(C)c(O)c4c(O)c(c(/C=N/N5CCN(C)CC5)c(O)c4c3C2=O)NC(=O)/C(C)=C\C=C\[C@H](C)[C@H](OS(=O)(=O)O)[C@@H](C)[C@@H](O)[C@@H](C)[C@H](OC(C)=O)[C@@H]1C. The first-order chi connectivity index (χ1) is 29.4. The number of hydrogen-bond acceptors (Lipinski definition) is 17. The highest BCUT2D eigenvalue weighted by atomic mass is 32.3. The molecule has 0 aliphatic carbocycles. The summed E-state index contributed by atoms with van der Waals surface area (Å²) in [5.74, 6) is -9.89. The predicted octanol–water partition coefficient (Wildman–Crippen LogP) is 4.16. The van der Waals surface area contributed by atoms with Crippen molar-refractivity contribution in [1.82, 2.24) is 9.91 Å². The minimum absolute atomic E-state index is 0.0134. The van der Waals surface area contributed by atoms with Gasteiger partial charge in [0.1, 0.15) is 23.4 Å². The van der Waals surface area contributed by atoms with Crippen molar-refractivity contribution in [3.63, 3.8) is 0 Å². The lowest BCUT2D eigenvalue weighted by Gasteiger charge is -2.38. The van der Waals surface area contributed by atoms with Crippen LogP contribution in [0.4, 0.5) is 5.69 Å². The number of amides is 1. The number of ether oxygens (including phenoxy) is 4. The number of rotatable bonds is 6. The van der Waals surface area contributed by atoms with Gasteiger partial charge in [-0.25, -0.2) is 4.18 Å². The predicted molar refractivity (Wildman–Crippen MR) is 231 cm³/mol. The van der Waals surface area contributed by atoms with Gasteiger partial charge in [0, 0.05) is 87.3 Å². The molecule has 346 valence electrons. The molecule has 2 aromatic carbocycles. The highest BCUT2D eigenvalue weighted by Gasteiger charge is 2.50. The van der Waals surface area contributed by atoms with E-state index in [0.717, 1.165) is 6.26 Å². The third kappa shape index (κ3) is 10.3. The molecule has 6 N–H and O–H groups in total. The molecule has 0 radical (unpaired) electrons. The van der Waals surface area contributed by atoms with Crippen LogP contribution in [-0.2, 0) is 38.4 Å². The molecule has 19 nitrogen and oxygen atoms in total. The number of anilines is 1. The number of hydrogen-bond donors (Lipinski definition) is 6. The number of Topliss-reactive ketones (excluding diaryl/α,β-unsaturated/α-hetero) is 1. The van der Waals surface area contributed by atoms with Gasteiger partial charge in [0.05, 0.1) is 53.0 Å². The molecule has 0 saturated carbocycles. The van der Waals surface area contributed by atoms with Crippen LogP contribution in [-0.4, -0.2) is 138 Å². The van der Waals surface area contributed by atoms with Crippen molar-refractivity contribution in [3.8, 4) is 23.0 Å². The number of benzene rings is 2. The van der Waals surface area contributed by atoms with Crippen LogP contribution >= 0.6 is 0 Å². The second-order valence-corrected chi connectivity index (χ2v) is 17.7. The van der Waals surface area contributed by atoms with Crippen LogP contribution in [0, 0.1) is 30.6 Å². The van der Waals surface area contributed by atoms with Gasteiger partial charge in [-0.1, -0.05) is 45.9 Å². The summed E-state index contributed by atoms with van der Waals surface area (Å²) in [6, 6.07) is 0. The number of carbonyl (C=O) groups is 3. The van der Waals surface area contributed by atoms with Gasteiger partial charge >= 0.3 is 22.2 Å². The summed E-state index contributed by atoms with van der Waals surface area (Å²) in [4.78, 5) is 42.8. The number of phenolic OH excluding ortho intramolecular Hbond substituents is 3. The third-order valence-electron chi connectivity index (χ3n) is 12.1. The number of esters is 1. The summed E-state index contributed by atoms with van der Waals surface area (Å²) in [5, 5.41) is 55.6. The zero-order valence-electron chi connectivity index (χ0n) is 37.0. The quantitative estimate of drug-likeness (QED) is 0.0781. The molecule has 4 heterocycles. The van der Waals surface area contributed by atoms with Crippen molar-refractivity contribution >= 4 is 50.7 Å². The van der Waals surface area contributed by atoms with Crippen molar-refractivity contribution in [1.29, 1.82) is 0 Å². The number of fused-ring (bicyclic) bond motifs is 14. The fraction of sp³-hybridized carbons (Fsp3) is 0.535. The fourth-order valence-electron chi connectivity index (χ4n) is 8.23. The molecule has 4 aliphatic rings. The van der Waals surface area contributed by atoms with Crippen LogP contribution in [0.25, 0.3) is 10.8 Å². The maximum absolute atomic E-state index is 14.5. The molecule has 2 aromatic rings. The number of carbonyl (C=O) groups excluding carboxylic acids is 3. The lowest BCUT2D eigenvalue weighted by atomic mass is 9.78. The number of nitrogens with one attached hydrogen (secondary N) is 1. The van der Waals surface area contributed by atoms with Gasteiger partial charge in [-0.3, -0.25) is 23.9 Å².